The number of esters is 1. The number of hydrogen-bond acceptors (Lipinski definition) is 6. The lowest BCUT2D eigenvalue weighted by atomic mass is 10.1. The van der Waals surface area contributed by atoms with Gasteiger partial charge in [0.25, 0.3) is 0 Å². The lowest BCUT2D eigenvalue weighted by Gasteiger charge is -2.21. The van der Waals surface area contributed by atoms with E-state index in [2.05, 4.69) is 27.5 Å². The van der Waals surface area contributed by atoms with E-state index in [9.17, 15) is 4.79 Å². The Morgan fingerprint density at radius 3 is 2.63 bits per heavy atom. The minimum atomic E-state index is -0.0840. The molecule has 7 nitrogen and oxygen atoms in total. The molecule has 0 bridgehead atoms. The van der Waals surface area contributed by atoms with Gasteiger partial charge in [0.05, 0.1) is 18.8 Å². The topological polar surface area (TPSA) is 76.0 Å². The molecule has 0 fully saturated rings. The lowest BCUT2D eigenvalue weighted by molar-refractivity contribution is -0.143. The van der Waals surface area contributed by atoms with Crippen molar-refractivity contribution in [2.45, 2.75) is 71.9 Å². The molecule has 1 heterocycles. The van der Waals surface area contributed by atoms with Gasteiger partial charge in [0.15, 0.2) is 5.96 Å². The summed E-state index contributed by atoms with van der Waals surface area (Å²) in [5.74, 6) is 0.823. The summed E-state index contributed by atoms with van der Waals surface area (Å²) in [6, 6.07) is 0. The van der Waals surface area contributed by atoms with Crippen molar-refractivity contribution < 1.29 is 14.3 Å². The van der Waals surface area contributed by atoms with Gasteiger partial charge in [0.2, 0.25) is 0 Å². The predicted octanol–water partition coefficient (Wildman–Crippen LogP) is 4.77. The van der Waals surface area contributed by atoms with Crippen molar-refractivity contribution in [2.75, 3.05) is 33.9 Å². The molecule has 0 saturated carbocycles. The van der Waals surface area contributed by atoms with Crippen molar-refractivity contribution >= 4 is 47.2 Å². The van der Waals surface area contributed by atoms with Crippen LogP contribution in [0.5, 0.6) is 0 Å². The van der Waals surface area contributed by atoms with Crippen LogP contribution in [0.3, 0.4) is 0 Å². The molecule has 1 unspecified atom stereocenters. The SMILES string of the molecule is CCNC(=NCCCCCCCC(=O)OCC)N(C)Cc1csc(C(C)OC)n1.I. The number of methoxy groups -OCH3 is 1. The molecular weight excluding hydrogens is 515 g/mol. The first kappa shape index (κ1) is 29.1. The summed E-state index contributed by atoms with van der Waals surface area (Å²) in [5.41, 5.74) is 1.03. The number of halogens is 1. The first-order chi connectivity index (χ1) is 14.0. The smallest absolute Gasteiger partial charge is 0.305 e. The zero-order valence-corrected chi connectivity index (χ0v) is 22.3. The number of nitrogens with one attached hydrogen (secondary N) is 1. The maximum absolute atomic E-state index is 11.3. The molecule has 1 rings (SSSR count). The summed E-state index contributed by atoms with van der Waals surface area (Å²) < 4.78 is 10.3. The van der Waals surface area contributed by atoms with Crippen LogP contribution in [0.1, 0.15) is 76.1 Å². The number of guanidine groups is 1. The van der Waals surface area contributed by atoms with Crippen LogP contribution in [0.25, 0.3) is 0 Å². The average molecular weight is 555 g/mol. The third-order valence-corrected chi connectivity index (χ3v) is 5.53. The quantitative estimate of drug-likeness (QED) is 0.117. The van der Waals surface area contributed by atoms with Gasteiger partial charge >= 0.3 is 5.97 Å². The summed E-state index contributed by atoms with van der Waals surface area (Å²) in [6.45, 7) is 8.74. The minimum Gasteiger partial charge on any atom is -0.466 e. The van der Waals surface area contributed by atoms with Crippen molar-refractivity contribution in [3.63, 3.8) is 0 Å². The molecule has 1 N–H and O–H groups in total. The van der Waals surface area contributed by atoms with E-state index in [4.69, 9.17) is 14.5 Å². The second-order valence-electron chi connectivity index (χ2n) is 6.97. The Morgan fingerprint density at radius 1 is 1.27 bits per heavy atom. The van der Waals surface area contributed by atoms with Gasteiger partial charge in [0.1, 0.15) is 11.1 Å². The molecule has 0 radical (unpaired) electrons. The van der Waals surface area contributed by atoms with E-state index in [0.717, 1.165) is 61.9 Å². The molecule has 0 aliphatic rings. The number of aromatic nitrogens is 1. The number of ether oxygens (including phenoxy) is 2. The number of thiazole rings is 1. The minimum absolute atomic E-state index is 0. The van der Waals surface area contributed by atoms with Crippen LogP contribution in [0.2, 0.25) is 0 Å². The van der Waals surface area contributed by atoms with Gasteiger partial charge in [0, 0.05) is 39.0 Å². The van der Waals surface area contributed by atoms with Gasteiger partial charge in [-0.05, 0) is 33.6 Å². The first-order valence-corrected chi connectivity index (χ1v) is 11.5. The van der Waals surface area contributed by atoms with Crippen LogP contribution in [0.15, 0.2) is 10.4 Å². The Morgan fingerprint density at radius 2 is 1.97 bits per heavy atom. The van der Waals surface area contributed by atoms with Crippen LogP contribution in [0, 0.1) is 0 Å². The van der Waals surface area contributed by atoms with Gasteiger partial charge in [-0.1, -0.05) is 19.3 Å². The van der Waals surface area contributed by atoms with E-state index in [1.807, 2.05) is 20.9 Å². The second-order valence-corrected chi connectivity index (χ2v) is 7.86. The number of hydrogen-bond donors (Lipinski definition) is 1. The summed E-state index contributed by atoms with van der Waals surface area (Å²) in [7, 11) is 3.74. The van der Waals surface area contributed by atoms with E-state index in [1.165, 1.54) is 0 Å². The maximum atomic E-state index is 11.3. The molecule has 0 aliphatic carbocycles. The molecule has 174 valence electrons. The number of carbonyl (C=O) groups excluding carboxylic acids is 1. The first-order valence-electron chi connectivity index (χ1n) is 10.6. The molecule has 0 aliphatic heterocycles. The molecule has 30 heavy (non-hydrogen) atoms. The highest BCUT2D eigenvalue weighted by atomic mass is 127. The van der Waals surface area contributed by atoms with E-state index >= 15 is 0 Å². The zero-order valence-electron chi connectivity index (χ0n) is 19.1. The van der Waals surface area contributed by atoms with Crippen molar-refractivity contribution in [1.29, 1.82) is 0 Å². The Balaban J connectivity index is 0.00000841. The fourth-order valence-corrected chi connectivity index (χ4v) is 3.64. The summed E-state index contributed by atoms with van der Waals surface area (Å²) >= 11 is 1.63. The number of carbonyl (C=O) groups is 1. The Labute approximate surface area is 203 Å². The van der Waals surface area contributed by atoms with Crippen molar-refractivity contribution in [3.8, 4) is 0 Å². The Kier molecular flexibility index (Phi) is 17.2. The number of unbranched alkanes of at least 4 members (excludes halogenated alkanes) is 4. The third kappa shape index (κ3) is 12.0. The fraction of sp³-hybridized carbons (Fsp3) is 0.762. The highest BCUT2D eigenvalue weighted by molar-refractivity contribution is 14.0. The lowest BCUT2D eigenvalue weighted by Crippen LogP contribution is -2.38. The zero-order chi connectivity index (χ0) is 21.5. The van der Waals surface area contributed by atoms with E-state index in [-0.39, 0.29) is 36.0 Å². The van der Waals surface area contributed by atoms with E-state index in [1.54, 1.807) is 18.4 Å². The Hall–Kier alpha value is -0.940. The second kappa shape index (κ2) is 17.7. The number of aliphatic imine (C=N–C) groups is 1. The van der Waals surface area contributed by atoms with Crippen molar-refractivity contribution in [3.05, 3.63) is 16.1 Å². The van der Waals surface area contributed by atoms with Gasteiger partial charge in [-0.2, -0.15) is 0 Å². The van der Waals surface area contributed by atoms with Crippen LogP contribution in [-0.2, 0) is 20.8 Å². The largest absolute Gasteiger partial charge is 0.466 e. The standard InChI is InChI=1S/C21H38N4O3S.HI/c1-6-22-21(23-14-12-10-8-9-11-13-19(26)28-7-2)25(4)15-18-16-29-20(24-18)17(3)27-5;/h16-17H,6-15H2,1-5H3,(H,22,23);1H. The van der Waals surface area contributed by atoms with Crippen LogP contribution < -0.4 is 5.32 Å². The maximum Gasteiger partial charge on any atom is 0.305 e. The molecule has 0 spiro atoms. The molecule has 0 saturated heterocycles. The molecule has 1 aromatic heterocycles. The monoisotopic (exact) mass is 554 g/mol. The number of nitrogens with zero attached hydrogens (tertiary/aromatic N) is 3. The van der Waals surface area contributed by atoms with Crippen molar-refractivity contribution in [1.82, 2.24) is 15.2 Å². The van der Waals surface area contributed by atoms with Crippen LogP contribution in [-0.4, -0.2) is 55.7 Å². The molecule has 9 heteroatoms. The number of rotatable bonds is 14. The summed E-state index contributed by atoms with van der Waals surface area (Å²) in [5, 5.41) is 6.44. The average Bonchev–Trinajstić information content (AvgIpc) is 3.17. The third-order valence-electron chi connectivity index (χ3n) is 4.47. The molecular formula is C21H39IN4O3S. The molecule has 1 aromatic rings. The molecule has 0 amide bonds. The van der Waals surface area contributed by atoms with Crippen LogP contribution in [0.4, 0.5) is 0 Å². The molecule has 1 atom stereocenters. The van der Waals surface area contributed by atoms with Gasteiger partial charge in [-0.3, -0.25) is 9.79 Å². The Bertz CT molecular complexity index is 613. The van der Waals surface area contributed by atoms with Crippen molar-refractivity contribution in [2.24, 2.45) is 4.99 Å². The van der Waals surface area contributed by atoms with Gasteiger partial charge < -0.3 is 19.7 Å². The van der Waals surface area contributed by atoms with E-state index < -0.39 is 0 Å². The van der Waals surface area contributed by atoms with E-state index in [0.29, 0.717) is 19.6 Å². The highest BCUT2D eigenvalue weighted by Crippen LogP contribution is 2.20. The van der Waals surface area contributed by atoms with Crippen LogP contribution >= 0.6 is 35.3 Å². The predicted molar refractivity (Wildman–Crippen MR) is 135 cm³/mol. The highest BCUT2D eigenvalue weighted by Gasteiger charge is 2.12. The van der Waals surface area contributed by atoms with Gasteiger partial charge in [-0.15, -0.1) is 35.3 Å². The molecule has 0 aromatic carbocycles. The summed E-state index contributed by atoms with van der Waals surface area (Å²) in [4.78, 5) is 22.8. The summed E-state index contributed by atoms with van der Waals surface area (Å²) in [6.07, 6.45) is 5.83. The fourth-order valence-electron chi connectivity index (χ4n) is 2.80. The normalized spacial score (nSPS) is 12.2. The van der Waals surface area contributed by atoms with Gasteiger partial charge in [-0.25, -0.2) is 4.98 Å².